The molecule has 0 heterocycles. The topological polar surface area (TPSA) is 46.5 Å². The van der Waals surface area contributed by atoms with Crippen LogP contribution in [0.1, 0.15) is 72.1 Å². The standard InChI is InChI=1S/C25H33F3O3/c1-15(10-22(29)30)9-18(26)11-16(2)19-12-17(24(3,4)5)13-20(25(6,7)8)23(19)31-14-21(27)28/h9-13,21H,14H2,1-8H3,(H,29,30)/b15-10+,16-11+,18-9-. The molecule has 1 aromatic rings. The Balaban J connectivity index is 3.74. The number of carboxylic acid groups (broad SMARTS) is 1. The summed E-state index contributed by atoms with van der Waals surface area (Å²) in [5.74, 6) is -1.51. The number of ether oxygens (including phenoxy) is 1. The predicted octanol–water partition coefficient (Wildman–Crippen LogP) is 7.21. The summed E-state index contributed by atoms with van der Waals surface area (Å²) in [6, 6.07) is 3.80. The third kappa shape index (κ3) is 8.27. The molecule has 3 nitrogen and oxygen atoms in total. The fraction of sp³-hybridized carbons (Fsp3) is 0.480. The van der Waals surface area contributed by atoms with Crippen LogP contribution < -0.4 is 4.74 Å². The van der Waals surface area contributed by atoms with Crippen LogP contribution in [0.4, 0.5) is 13.2 Å². The molecular formula is C25H33F3O3. The predicted molar refractivity (Wildman–Crippen MR) is 120 cm³/mol. The van der Waals surface area contributed by atoms with Gasteiger partial charge in [-0.15, -0.1) is 0 Å². The van der Waals surface area contributed by atoms with Gasteiger partial charge in [-0.1, -0.05) is 47.6 Å². The summed E-state index contributed by atoms with van der Waals surface area (Å²) < 4.78 is 46.0. The van der Waals surface area contributed by atoms with Crippen LogP contribution in [0.3, 0.4) is 0 Å². The monoisotopic (exact) mass is 438 g/mol. The summed E-state index contributed by atoms with van der Waals surface area (Å²) in [7, 11) is 0. The first kappa shape index (κ1) is 26.5. The third-order valence-electron chi connectivity index (χ3n) is 4.61. The lowest BCUT2D eigenvalue weighted by atomic mass is 9.78. The van der Waals surface area contributed by atoms with Gasteiger partial charge in [-0.05, 0) is 59.6 Å². The molecular weight excluding hydrogens is 405 g/mol. The molecule has 0 fully saturated rings. The Morgan fingerprint density at radius 2 is 1.61 bits per heavy atom. The summed E-state index contributed by atoms with van der Waals surface area (Å²) in [6.45, 7) is 14.4. The van der Waals surface area contributed by atoms with Gasteiger partial charge in [0.25, 0.3) is 6.43 Å². The maximum absolute atomic E-state index is 14.5. The molecule has 0 aromatic heterocycles. The normalized spacial score (nSPS) is 14.3. The highest BCUT2D eigenvalue weighted by atomic mass is 19.3. The van der Waals surface area contributed by atoms with Crippen LogP contribution in [-0.4, -0.2) is 24.1 Å². The van der Waals surface area contributed by atoms with Gasteiger partial charge in [-0.2, -0.15) is 0 Å². The molecule has 31 heavy (non-hydrogen) atoms. The van der Waals surface area contributed by atoms with E-state index < -0.39 is 30.2 Å². The number of carbonyl (C=O) groups is 1. The molecule has 0 spiro atoms. The van der Waals surface area contributed by atoms with Crippen molar-refractivity contribution in [1.29, 1.82) is 0 Å². The van der Waals surface area contributed by atoms with Gasteiger partial charge in [0.1, 0.15) is 18.2 Å². The van der Waals surface area contributed by atoms with E-state index in [4.69, 9.17) is 9.84 Å². The highest BCUT2D eigenvalue weighted by Crippen LogP contribution is 2.41. The molecule has 0 bridgehead atoms. The molecule has 0 aliphatic carbocycles. The Hall–Kier alpha value is -2.50. The lowest BCUT2D eigenvalue weighted by Crippen LogP contribution is -2.20. The Morgan fingerprint density at radius 3 is 2.06 bits per heavy atom. The van der Waals surface area contributed by atoms with Crippen molar-refractivity contribution >= 4 is 11.5 Å². The van der Waals surface area contributed by atoms with Crippen molar-refractivity contribution in [3.63, 3.8) is 0 Å². The van der Waals surface area contributed by atoms with E-state index in [2.05, 4.69) is 0 Å². The molecule has 0 amide bonds. The molecule has 0 saturated heterocycles. The molecule has 1 N–H and O–H groups in total. The quantitative estimate of drug-likeness (QED) is 0.361. The zero-order valence-corrected chi connectivity index (χ0v) is 19.6. The minimum atomic E-state index is -2.65. The number of rotatable bonds is 7. The number of alkyl halides is 2. The van der Waals surface area contributed by atoms with E-state index in [1.54, 1.807) is 6.92 Å². The van der Waals surface area contributed by atoms with E-state index in [9.17, 15) is 18.0 Å². The smallest absolute Gasteiger partial charge is 0.328 e. The van der Waals surface area contributed by atoms with Crippen molar-refractivity contribution in [1.82, 2.24) is 0 Å². The third-order valence-corrected chi connectivity index (χ3v) is 4.61. The van der Waals surface area contributed by atoms with Crippen molar-refractivity contribution in [2.24, 2.45) is 0 Å². The summed E-state index contributed by atoms with van der Waals surface area (Å²) in [6.07, 6.45) is 0.614. The average molecular weight is 439 g/mol. The summed E-state index contributed by atoms with van der Waals surface area (Å²) in [5, 5.41) is 8.79. The number of halogens is 3. The lowest BCUT2D eigenvalue weighted by molar-refractivity contribution is -0.131. The number of aliphatic carboxylic acids is 1. The van der Waals surface area contributed by atoms with Crippen LogP contribution in [-0.2, 0) is 15.6 Å². The Kier molecular flexibility index (Phi) is 8.74. The van der Waals surface area contributed by atoms with Gasteiger partial charge in [0.05, 0.1) is 0 Å². The van der Waals surface area contributed by atoms with E-state index in [0.29, 0.717) is 16.9 Å². The van der Waals surface area contributed by atoms with Gasteiger partial charge < -0.3 is 9.84 Å². The van der Waals surface area contributed by atoms with Gasteiger partial charge >= 0.3 is 5.97 Å². The number of hydrogen-bond donors (Lipinski definition) is 1. The van der Waals surface area contributed by atoms with Crippen LogP contribution in [0.25, 0.3) is 5.57 Å². The van der Waals surface area contributed by atoms with E-state index in [-0.39, 0.29) is 11.0 Å². The Bertz CT molecular complexity index is 896. The number of benzene rings is 1. The zero-order valence-electron chi connectivity index (χ0n) is 19.6. The van der Waals surface area contributed by atoms with E-state index in [0.717, 1.165) is 23.3 Å². The minimum absolute atomic E-state index is 0.231. The molecule has 0 unspecified atom stereocenters. The maximum atomic E-state index is 14.5. The Labute approximate surface area is 183 Å². The van der Waals surface area contributed by atoms with Gasteiger partial charge in [0.15, 0.2) is 0 Å². The molecule has 0 aliphatic heterocycles. The van der Waals surface area contributed by atoms with Crippen LogP contribution in [0, 0.1) is 0 Å². The first-order valence-electron chi connectivity index (χ1n) is 10.1. The van der Waals surface area contributed by atoms with Crippen molar-refractivity contribution < 1.29 is 27.8 Å². The van der Waals surface area contributed by atoms with Crippen LogP contribution >= 0.6 is 0 Å². The molecule has 1 rings (SSSR count). The van der Waals surface area contributed by atoms with Gasteiger partial charge in [-0.3, -0.25) is 0 Å². The van der Waals surface area contributed by atoms with Gasteiger partial charge in [0.2, 0.25) is 0 Å². The number of carboxylic acids is 1. The van der Waals surface area contributed by atoms with E-state index in [1.165, 1.54) is 13.0 Å². The SMILES string of the molecule is CC(/C=C(F)/C=C(\C)c1cc(C(C)(C)C)cc(C(C)(C)C)c1OCC(F)F)=C\C(=O)O. The highest BCUT2D eigenvalue weighted by molar-refractivity contribution is 5.81. The maximum Gasteiger partial charge on any atom is 0.328 e. The molecule has 0 radical (unpaired) electrons. The second-order valence-electron chi connectivity index (χ2n) is 9.69. The van der Waals surface area contributed by atoms with E-state index in [1.807, 2.05) is 53.7 Å². The number of hydrogen-bond acceptors (Lipinski definition) is 2. The zero-order chi connectivity index (χ0) is 24.1. The second kappa shape index (κ2) is 10.2. The average Bonchev–Trinajstić information content (AvgIpc) is 2.56. The Morgan fingerprint density at radius 1 is 1.03 bits per heavy atom. The molecule has 6 heteroatoms. The summed E-state index contributed by atoms with van der Waals surface area (Å²) in [4.78, 5) is 10.7. The molecule has 0 aliphatic rings. The van der Waals surface area contributed by atoms with Crippen molar-refractivity contribution in [3.8, 4) is 5.75 Å². The van der Waals surface area contributed by atoms with Gasteiger partial charge in [-0.25, -0.2) is 18.0 Å². The lowest BCUT2D eigenvalue weighted by Gasteiger charge is -2.29. The van der Waals surface area contributed by atoms with Crippen LogP contribution in [0.15, 0.2) is 41.8 Å². The van der Waals surface area contributed by atoms with Crippen LogP contribution in [0.5, 0.6) is 5.75 Å². The molecule has 0 saturated carbocycles. The molecule has 172 valence electrons. The fourth-order valence-corrected chi connectivity index (χ4v) is 2.99. The highest BCUT2D eigenvalue weighted by Gasteiger charge is 2.27. The fourth-order valence-electron chi connectivity index (χ4n) is 2.99. The summed E-state index contributed by atoms with van der Waals surface area (Å²) >= 11 is 0. The first-order valence-corrected chi connectivity index (χ1v) is 10.1. The minimum Gasteiger partial charge on any atom is -0.487 e. The van der Waals surface area contributed by atoms with Crippen molar-refractivity contribution in [3.05, 3.63) is 58.5 Å². The molecule has 0 atom stereocenters. The van der Waals surface area contributed by atoms with Crippen LogP contribution in [0.2, 0.25) is 0 Å². The van der Waals surface area contributed by atoms with E-state index >= 15 is 0 Å². The largest absolute Gasteiger partial charge is 0.487 e. The summed E-state index contributed by atoms with van der Waals surface area (Å²) in [5.41, 5.74) is 2.35. The molecule has 1 aromatic carbocycles. The second-order valence-corrected chi connectivity index (χ2v) is 9.69. The first-order chi connectivity index (χ1) is 14.0. The van der Waals surface area contributed by atoms with Gasteiger partial charge in [0, 0.05) is 17.2 Å². The number of allylic oxidation sites excluding steroid dienone is 5. The van der Waals surface area contributed by atoms with Crippen molar-refractivity contribution in [2.75, 3.05) is 6.61 Å². The van der Waals surface area contributed by atoms with Crippen molar-refractivity contribution in [2.45, 2.75) is 72.6 Å².